The Hall–Kier alpha value is -0.670. The molecule has 1 N–H and O–H groups in total. The Morgan fingerprint density at radius 2 is 2.00 bits per heavy atom. The van der Waals surface area contributed by atoms with Gasteiger partial charge < -0.3 is 10.2 Å². The van der Waals surface area contributed by atoms with E-state index >= 15 is 0 Å². The fraction of sp³-hybridized carbons (Fsp3) is 0.625. The zero-order chi connectivity index (χ0) is 14.3. The Kier molecular flexibility index (Phi) is 7.32. The van der Waals surface area contributed by atoms with E-state index in [-0.39, 0.29) is 0 Å². The van der Waals surface area contributed by atoms with Gasteiger partial charge in [-0.25, -0.2) is 0 Å². The van der Waals surface area contributed by atoms with Crippen LogP contribution in [0.15, 0.2) is 24.3 Å². The first-order valence-electron chi connectivity index (χ1n) is 7.13. The maximum absolute atomic E-state index is 3.41. The maximum Gasteiger partial charge on any atom is 0.0414 e. The second kappa shape index (κ2) is 8.49. The van der Waals surface area contributed by atoms with Crippen molar-refractivity contribution in [1.82, 2.24) is 5.32 Å². The molecule has 0 saturated carbocycles. The van der Waals surface area contributed by atoms with Crippen molar-refractivity contribution >= 4 is 17.4 Å². The molecule has 0 radical (unpaired) electrons. The Labute approximate surface area is 123 Å². The zero-order valence-corrected chi connectivity index (χ0v) is 13.8. The molecule has 0 saturated heterocycles. The van der Waals surface area contributed by atoms with Gasteiger partial charge in [-0.05, 0) is 50.5 Å². The Balaban J connectivity index is 2.92. The summed E-state index contributed by atoms with van der Waals surface area (Å²) in [6.45, 7) is 4.54. The van der Waals surface area contributed by atoms with Crippen LogP contribution in [-0.2, 0) is 0 Å². The number of thioether (sulfide) groups is 1. The van der Waals surface area contributed by atoms with Crippen molar-refractivity contribution in [3.05, 3.63) is 29.8 Å². The number of nitrogens with one attached hydrogen (secondary N) is 1. The van der Waals surface area contributed by atoms with Crippen LogP contribution in [0.4, 0.5) is 5.69 Å². The van der Waals surface area contributed by atoms with Crippen molar-refractivity contribution in [2.45, 2.75) is 38.8 Å². The zero-order valence-electron chi connectivity index (χ0n) is 12.9. The summed E-state index contributed by atoms with van der Waals surface area (Å²) in [5, 5.41) is 3.41. The van der Waals surface area contributed by atoms with Gasteiger partial charge in [-0.3, -0.25) is 0 Å². The van der Waals surface area contributed by atoms with E-state index < -0.39 is 0 Å². The number of hydrogen-bond acceptors (Lipinski definition) is 3. The summed E-state index contributed by atoms with van der Waals surface area (Å²) in [5.41, 5.74) is 2.77. The van der Waals surface area contributed by atoms with Gasteiger partial charge in [0.25, 0.3) is 0 Å². The molecule has 2 unspecified atom stereocenters. The number of anilines is 1. The van der Waals surface area contributed by atoms with Crippen LogP contribution in [0.2, 0.25) is 0 Å². The summed E-state index contributed by atoms with van der Waals surface area (Å²) in [5.74, 6) is 1.22. The molecule has 0 heterocycles. The number of benzene rings is 1. The Bertz CT molecular complexity index is 364. The summed E-state index contributed by atoms with van der Waals surface area (Å²) < 4.78 is 0. The molecule has 3 heteroatoms. The van der Waals surface area contributed by atoms with E-state index in [0.717, 1.165) is 6.42 Å². The number of para-hydroxylation sites is 1. The molecule has 19 heavy (non-hydrogen) atoms. The second-order valence-corrected chi connectivity index (χ2v) is 6.04. The normalized spacial score (nSPS) is 14.2. The average molecular weight is 280 g/mol. The van der Waals surface area contributed by atoms with E-state index in [1.807, 2.05) is 18.8 Å². The summed E-state index contributed by atoms with van der Waals surface area (Å²) in [7, 11) is 4.26. The first-order chi connectivity index (χ1) is 9.15. The van der Waals surface area contributed by atoms with Crippen LogP contribution in [-0.4, -0.2) is 32.1 Å². The largest absolute Gasteiger partial charge is 0.372 e. The molecule has 0 aliphatic carbocycles. The van der Waals surface area contributed by atoms with Gasteiger partial charge in [0.05, 0.1) is 0 Å². The summed E-state index contributed by atoms with van der Waals surface area (Å²) in [4.78, 5) is 2.42. The van der Waals surface area contributed by atoms with Crippen LogP contribution < -0.4 is 10.2 Å². The smallest absolute Gasteiger partial charge is 0.0414 e. The predicted molar refractivity (Wildman–Crippen MR) is 89.4 cm³/mol. The molecule has 1 aromatic carbocycles. The SMILES string of the molecule is CCC(NC)c1ccccc1N(C)C(C)CCSC. The fourth-order valence-electron chi connectivity index (χ4n) is 2.40. The molecule has 1 rings (SSSR count). The van der Waals surface area contributed by atoms with Gasteiger partial charge in [-0.15, -0.1) is 0 Å². The number of rotatable bonds is 8. The minimum absolute atomic E-state index is 0.436. The maximum atomic E-state index is 3.41. The molecule has 1 aromatic rings. The van der Waals surface area contributed by atoms with Crippen molar-refractivity contribution in [3.8, 4) is 0 Å². The van der Waals surface area contributed by atoms with E-state index in [9.17, 15) is 0 Å². The quantitative estimate of drug-likeness (QED) is 0.776. The third-order valence-corrected chi connectivity index (χ3v) is 4.49. The highest BCUT2D eigenvalue weighted by atomic mass is 32.2. The van der Waals surface area contributed by atoms with Crippen molar-refractivity contribution in [1.29, 1.82) is 0 Å². The van der Waals surface area contributed by atoms with Crippen LogP contribution in [0.1, 0.15) is 38.3 Å². The van der Waals surface area contributed by atoms with Gasteiger partial charge in [-0.2, -0.15) is 11.8 Å². The number of nitrogens with zero attached hydrogens (tertiary/aromatic N) is 1. The van der Waals surface area contributed by atoms with E-state index in [1.165, 1.54) is 23.4 Å². The molecule has 0 spiro atoms. The third kappa shape index (κ3) is 4.43. The van der Waals surface area contributed by atoms with E-state index in [0.29, 0.717) is 12.1 Å². The molecular formula is C16H28N2S. The molecule has 0 bridgehead atoms. The first kappa shape index (κ1) is 16.4. The molecule has 0 fully saturated rings. The van der Waals surface area contributed by atoms with Crippen molar-refractivity contribution in [3.63, 3.8) is 0 Å². The predicted octanol–water partition coefficient (Wildman–Crippen LogP) is 3.93. The first-order valence-corrected chi connectivity index (χ1v) is 8.53. The molecule has 2 nitrogen and oxygen atoms in total. The molecule has 0 aliphatic heterocycles. The highest BCUT2D eigenvalue weighted by Crippen LogP contribution is 2.29. The van der Waals surface area contributed by atoms with E-state index in [1.54, 1.807) is 0 Å². The molecule has 0 amide bonds. The molecule has 108 valence electrons. The van der Waals surface area contributed by atoms with Gasteiger partial charge in [-0.1, -0.05) is 25.1 Å². The van der Waals surface area contributed by atoms with Crippen LogP contribution >= 0.6 is 11.8 Å². The van der Waals surface area contributed by atoms with Gasteiger partial charge in [0.1, 0.15) is 0 Å². The van der Waals surface area contributed by atoms with Crippen molar-refractivity contribution < 1.29 is 0 Å². The van der Waals surface area contributed by atoms with Crippen LogP contribution in [0.3, 0.4) is 0 Å². The molecular weight excluding hydrogens is 252 g/mol. The van der Waals surface area contributed by atoms with Crippen LogP contribution in [0, 0.1) is 0 Å². The third-order valence-electron chi connectivity index (χ3n) is 3.85. The molecule has 0 aliphatic rings. The lowest BCUT2D eigenvalue weighted by Crippen LogP contribution is -2.31. The second-order valence-electron chi connectivity index (χ2n) is 5.05. The molecule has 0 aromatic heterocycles. The highest BCUT2D eigenvalue weighted by Gasteiger charge is 2.17. The summed E-state index contributed by atoms with van der Waals surface area (Å²) >= 11 is 1.92. The Morgan fingerprint density at radius 1 is 1.32 bits per heavy atom. The summed E-state index contributed by atoms with van der Waals surface area (Å²) in [6.07, 6.45) is 4.51. The van der Waals surface area contributed by atoms with Crippen molar-refractivity contribution in [2.24, 2.45) is 0 Å². The minimum atomic E-state index is 0.436. The van der Waals surface area contributed by atoms with Gasteiger partial charge in [0.2, 0.25) is 0 Å². The molecule has 2 atom stereocenters. The van der Waals surface area contributed by atoms with Crippen molar-refractivity contribution in [2.75, 3.05) is 31.0 Å². The fourth-order valence-corrected chi connectivity index (χ4v) is 2.98. The monoisotopic (exact) mass is 280 g/mol. The topological polar surface area (TPSA) is 15.3 Å². The number of hydrogen-bond donors (Lipinski definition) is 1. The standard InChI is InChI=1S/C16H28N2S/c1-6-15(17-3)14-9-7-8-10-16(14)18(4)13(2)11-12-19-5/h7-10,13,15,17H,6,11-12H2,1-5H3. The minimum Gasteiger partial charge on any atom is -0.372 e. The summed E-state index contributed by atoms with van der Waals surface area (Å²) in [6, 6.07) is 9.77. The van der Waals surface area contributed by atoms with E-state index in [2.05, 4.69) is 61.6 Å². The lowest BCUT2D eigenvalue weighted by Gasteiger charge is -2.31. The van der Waals surface area contributed by atoms with Gasteiger partial charge in [0, 0.05) is 24.8 Å². The van der Waals surface area contributed by atoms with Gasteiger partial charge in [0.15, 0.2) is 0 Å². The Morgan fingerprint density at radius 3 is 2.58 bits per heavy atom. The lowest BCUT2D eigenvalue weighted by atomic mass is 10.0. The average Bonchev–Trinajstić information content (AvgIpc) is 2.46. The highest BCUT2D eigenvalue weighted by molar-refractivity contribution is 7.98. The lowest BCUT2D eigenvalue weighted by molar-refractivity contribution is 0.571. The van der Waals surface area contributed by atoms with Crippen LogP contribution in [0.5, 0.6) is 0 Å². The van der Waals surface area contributed by atoms with Gasteiger partial charge >= 0.3 is 0 Å². The van der Waals surface area contributed by atoms with Crippen LogP contribution in [0.25, 0.3) is 0 Å². The van der Waals surface area contributed by atoms with E-state index in [4.69, 9.17) is 0 Å².